The number of benzene rings is 2. The van der Waals surface area contributed by atoms with E-state index in [9.17, 15) is 18.4 Å². The minimum absolute atomic E-state index is 0.0740. The van der Waals surface area contributed by atoms with E-state index >= 15 is 0 Å². The lowest BCUT2D eigenvalue weighted by Gasteiger charge is -2.29. The van der Waals surface area contributed by atoms with E-state index < -0.39 is 29.5 Å². The SMILES string of the molecule is C=CC1C(C(=O)N(C)c2ccccc2)C(C=O)C(C)N1Cc1cccc(F)c1F.CC(C)O. The molecule has 1 N–H and O–H groups in total. The number of carbonyl (C=O) groups is 2. The smallest absolute Gasteiger partial charge is 0.232 e. The predicted octanol–water partition coefficient (Wildman–Crippen LogP) is 4.20. The maximum absolute atomic E-state index is 14.2. The van der Waals surface area contributed by atoms with Gasteiger partial charge in [0, 0.05) is 48.9 Å². The summed E-state index contributed by atoms with van der Waals surface area (Å²) in [6.07, 6.45) is 2.23. The van der Waals surface area contributed by atoms with Gasteiger partial charge in [-0.15, -0.1) is 6.58 Å². The van der Waals surface area contributed by atoms with Gasteiger partial charge in [-0.1, -0.05) is 36.4 Å². The summed E-state index contributed by atoms with van der Waals surface area (Å²) < 4.78 is 27.9. The Morgan fingerprint density at radius 1 is 1.18 bits per heavy atom. The van der Waals surface area contributed by atoms with Crippen molar-refractivity contribution in [1.82, 2.24) is 4.90 Å². The lowest BCUT2D eigenvalue weighted by Crippen LogP contribution is -2.41. The van der Waals surface area contributed by atoms with E-state index in [0.29, 0.717) is 5.69 Å². The van der Waals surface area contributed by atoms with Gasteiger partial charge in [0.2, 0.25) is 5.91 Å². The van der Waals surface area contributed by atoms with Crippen LogP contribution in [0.2, 0.25) is 0 Å². The third kappa shape index (κ3) is 6.12. The third-order valence-electron chi connectivity index (χ3n) is 5.79. The van der Waals surface area contributed by atoms with Gasteiger partial charge in [-0.3, -0.25) is 9.69 Å². The van der Waals surface area contributed by atoms with Crippen molar-refractivity contribution in [3.63, 3.8) is 0 Å². The molecule has 1 saturated heterocycles. The molecule has 0 radical (unpaired) electrons. The maximum atomic E-state index is 14.2. The van der Waals surface area contributed by atoms with E-state index in [1.165, 1.54) is 17.0 Å². The molecule has 0 bridgehead atoms. The van der Waals surface area contributed by atoms with Crippen molar-refractivity contribution in [2.75, 3.05) is 11.9 Å². The summed E-state index contributed by atoms with van der Waals surface area (Å²) in [5, 5.41) is 8.06. The van der Waals surface area contributed by atoms with Crippen LogP contribution in [0.25, 0.3) is 0 Å². The molecule has 0 aliphatic carbocycles. The fraction of sp³-hybridized carbons (Fsp3) is 0.385. The average molecular weight is 459 g/mol. The maximum Gasteiger partial charge on any atom is 0.232 e. The number of aldehydes is 1. The summed E-state index contributed by atoms with van der Waals surface area (Å²) in [6.45, 7) is 9.19. The standard InChI is InChI=1S/C23H24F2N2O2.C3H8O/c1-4-20-21(23(29)26(3)17-10-6-5-7-11-17)18(14-28)15(2)27(20)13-16-9-8-12-19(24)22(16)25;1-3(2)4/h4-12,14-15,18,20-21H,1,13H2,2-3H3;3-4H,1-2H3. The Balaban J connectivity index is 0.000000890. The first kappa shape index (κ1) is 26.4. The Bertz CT molecular complexity index is 949. The summed E-state index contributed by atoms with van der Waals surface area (Å²) in [5.41, 5.74) is 0.894. The van der Waals surface area contributed by atoms with Crippen molar-refractivity contribution >= 4 is 17.9 Å². The van der Waals surface area contributed by atoms with Gasteiger partial charge >= 0.3 is 0 Å². The van der Waals surface area contributed by atoms with Gasteiger partial charge in [-0.25, -0.2) is 8.78 Å². The number of aliphatic hydroxyl groups is 1. The van der Waals surface area contributed by atoms with Gasteiger partial charge in [0.1, 0.15) is 6.29 Å². The van der Waals surface area contributed by atoms with Crippen LogP contribution in [0.15, 0.2) is 61.2 Å². The van der Waals surface area contributed by atoms with Crippen LogP contribution in [-0.2, 0) is 16.1 Å². The second-order valence-corrected chi connectivity index (χ2v) is 8.42. The fourth-order valence-corrected chi connectivity index (χ4v) is 4.14. The first-order chi connectivity index (χ1) is 15.6. The molecule has 178 valence electrons. The van der Waals surface area contributed by atoms with Crippen LogP contribution >= 0.6 is 0 Å². The molecule has 1 aliphatic heterocycles. The number of halogens is 2. The molecule has 1 fully saturated rings. The predicted molar refractivity (Wildman–Crippen MR) is 126 cm³/mol. The van der Waals surface area contributed by atoms with Crippen LogP contribution in [0, 0.1) is 23.5 Å². The highest BCUT2D eigenvalue weighted by Crippen LogP contribution is 2.38. The van der Waals surface area contributed by atoms with E-state index in [0.717, 1.165) is 12.4 Å². The van der Waals surface area contributed by atoms with Gasteiger partial charge in [0.05, 0.1) is 5.92 Å². The lowest BCUT2D eigenvalue weighted by atomic mass is 9.87. The molecule has 0 spiro atoms. The summed E-state index contributed by atoms with van der Waals surface area (Å²) in [6, 6.07) is 12.3. The molecule has 1 heterocycles. The number of nitrogens with zero attached hydrogens (tertiary/aromatic N) is 2. The summed E-state index contributed by atoms with van der Waals surface area (Å²) in [4.78, 5) is 28.6. The molecule has 33 heavy (non-hydrogen) atoms. The van der Waals surface area contributed by atoms with E-state index in [2.05, 4.69) is 6.58 Å². The number of hydrogen-bond acceptors (Lipinski definition) is 4. The molecule has 0 saturated carbocycles. The zero-order valence-electron chi connectivity index (χ0n) is 19.5. The number of rotatable bonds is 6. The highest BCUT2D eigenvalue weighted by atomic mass is 19.2. The lowest BCUT2D eigenvalue weighted by molar-refractivity contribution is -0.126. The first-order valence-electron chi connectivity index (χ1n) is 10.9. The third-order valence-corrected chi connectivity index (χ3v) is 5.79. The van der Waals surface area contributed by atoms with Crippen molar-refractivity contribution in [1.29, 1.82) is 0 Å². The van der Waals surface area contributed by atoms with Crippen molar-refractivity contribution in [3.05, 3.63) is 78.4 Å². The van der Waals surface area contributed by atoms with Gasteiger partial charge < -0.3 is 14.8 Å². The van der Waals surface area contributed by atoms with Crippen molar-refractivity contribution < 1.29 is 23.5 Å². The molecule has 2 aromatic rings. The van der Waals surface area contributed by atoms with Gasteiger partial charge in [0.25, 0.3) is 0 Å². The molecule has 4 atom stereocenters. The largest absolute Gasteiger partial charge is 0.394 e. The molecule has 2 aromatic carbocycles. The second kappa shape index (κ2) is 11.8. The van der Waals surface area contributed by atoms with Crippen LogP contribution in [0.1, 0.15) is 26.3 Å². The van der Waals surface area contributed by atoms with Crippen LogP contribution in [0.4, 0.5) is 14.5 Å². The minimum Gasteiger partial charge on any atom is -0.394 e. The Morgan fingerprint density at radius 3 is 2.33 bits per heavy atom. The summed E-state index contributed by atoms with van der Waals surface area (Å²) >= 11 is 0. The number of anilines is 1. The number of amides is 1. The molecule has 1 aliphatic rings. The highest BCUT2D eigenvalue weighted by molar-refractivity contribution is 5.97. The number of hydrogen-bond donors (Lipinski definition) is 1. The molecule has 0 aromatic heterocycles. The Kier molecular flexibility index (Phi) is 9.44. The highest BCUT2D eigenvalue weighted by Gasteiger charge is 2.50. The van der Waals surface area contributed by atoms with E-state index in [1.807, 2.05) is 42.2 Å². The Hall–Kier alpha value is -2.90. The van der Waals surface area contributed by atoms with Gasteiger partial charge in [-0.2, -0.15) is 0 Å². The van der Waals surface area contributed by atoms with Crippen LogP contribution < -0.4 is 4.90 Å². The van der Waals surface area contributed by atoms with E-state index in [-0.39, 0.29) is 30.2 Å². The van der Waals surface area contributed by atoms with Gasteiger partial charge in [-0.05, 0) is 39.0 Å². The minimum atomic E-state index is -0.923. The summed E-state index contributed by atoms with van der Waals surface area (Å²) in [5.74, 6) is -3.31. The molecular weight excluding hydrogens is 426 g/mol. The van der Waals surface area contributed by atoms with Crippen LogP contribution in [0.5, 0.6) is 0 Å². The van der Waals surface area contributed by atoms with Crippen LogP contribution in [-0.4, -0.2) is 47.4 Å². The quantitative estimate of drug-likeness (QED) is 0.521. The number of para-hydroxylation sites is 1. The second-order valence-electron chi connectivity index (χ2n) is 8.42. The van der Waals surface area contributed by atoms with Crippen molar-refractivity contribution in [2.24, 2.45) is 11.8 Å². The zero-order valence-corrected chi connectivity index (χ0v) is 19.5. The van der Waals surface area contributed by atoms with Crippen molar-refractivity contribution in [2.45, 2.75) is 45.5 Å². The monoisotopic (exact) mass is 458 g/mol. The van der Waals surface area contributed by atoms with E-state index in [1.54, 1.807) is 27.0 Å². The number of likely N-dealkylation sites (tertiary alicyclic amines) is 1. The number of carbonyl (C=O) groups excluding carboxylic acids is 2. The zero-order chi connectivity index (χ0) is 24.7. The molecule has 5 nitrogen and oxygen atoms in total. The fourth-order valence-electron chi connectivity index (χ4n) is 4.14. The Labute approximate surface area is 194 Å². The number of aliphatic hydroxyl groups excluding tert-OH is 1. The van der Waals surface area contributed by atoms with Gasteiger partial charge in [0.15, 0.2) is 11.6 Å². The molecule has 7 heteroatoms. The van der Waals surface area contributed by atoms with Crippen molar-refractivity contribution in [3.8, 4) is 0 Å². The molecule has 3 rings (SSSR count). The van der Waals surface area contributed by atoms with Crippen LogP contribution in [0.3, 0.4) is 0 Å². The molecular formula is C26H32F2N2O3. The average Bonchev–Trinajstić information content (AvgIpc) is 3.06. The van der Waals surface area contributed by atoms with E-state index in [4.69, 9.17) is 5.11 Å². The molecule has 1 amide bonds. The molecule has 4 unspecified atom stereocenters. The normalized spacial score (nSPS) is 22.4. The summed E-state index contributed by atoms with van der Waals surface area (Å²) in [7, 11) is 1.67. The topological polar surface area (TPSA) is 60.9 Å². The Morgan fingerprint density at radius 2 is 1.79 bits per heavy atom. The first-order valence-corrected chi connectivity index (χ1v) is 10.9.